The van der Waals surface area contributed by atoms with Crippen molar-refractivity contribution in [3.63, 3.8) is 0 Å². The van der Waals surface area contributed by atoms with Crippen LogP contribution in [0.1, 0.15) is 5.56 Å². The van der Waals surface area contributed by atoms with Crippen molar-refractivity contribution < 1.29 is 24.2 Å². The van der Waals surface area contributed by atoms with Gasteiger partial charge in [0, 0.05) is 32.7 Å². The standard InChI is InChI=1S/C27H28FN3O4/c28-22-8-4-5-9-23(22)30-14-16-31(17-15-30)27(35)25(33)24(32)26(34)29-18-19-10-12-21(13-11-19)20-6-2-1-3-7-20/h1-13,24-25,32-33H,14-18H2,(H,29,34)/t24-,25-/m1/s1. The van der Waals surface area contributed by atoms with E-state index in [-0.39, 0.29) is 25.5 Å². The molecule has 7 nitrogen and oxygen atoms in total. The first-order valence-electron chi connectivity index (χ1n) is 11.5. The number of anilines is 1. The van der Waals surface area contributed by atoms with Crippen LogP contribution in [0.4, 0.5) is 10.1 Å². The van der Waals surface area contributed by atoms with Crippen LogP contribution in [-0.4, -0.2) is 65.3 Å². The number of nitrogens with one attached hydrogen (secondary N) is 1. The zero-order valence-electron chi connectivity index (χ0n) is 19.2. The third-order valence-electron chi connectivity index (χ3n) is 6.13. The largest absolute Gasteiger partial charge is 0.380 e. The molecule has 2 atom stereocenters. The summed E-state index contributed by atoms with van der Waals surface area (Å²) >= 11 is 0. The first-order chi connectivity index (χ1) is 16.9. The Kier molecular flexibility index (Phi) is 7.74. The van der Waals surface area contributed by atoms with Gasteiger partial charge in [0.25, 0.3) is 11.8 Å². The van der Waals surface area contributed by atoms with E-state index < -0.39 is 24.0 Å². The number of amides is 2. The van der Waals surface area contributed by atoms with Crippen LogP contribution in [0.15, 0.2) is 78.9 Å². The molecule has 4 rings (SSSR count). The number of hydrogen-bond acceptors (Lipinski definition) is 5. The van der Waals surface area contributed by atoms with Crippen LogP contribution in [0.5, 0.6) is 0 Å². The Morgan fingerprint density at radius 1 is 0.800 bits per heavy atom. The van der Waals surface area contributed by atoms with Gasteiger partial charge in [0.15, 0.2) is 12.2 Å². The Balaban J connectivity index is 1.26. The van der Waals surface area contributed by atoms with Crippen LogP contribution in [-0.2, 0) is 16.1 Å². The molecule has 0 bridgehead atoms. The van der Waals surface area contributed by atoms with E-state index in [2.05, 4.69) is 5.32 Å². The summed E-state index contributed by atoms with van der Waals surface area (Å²) in [5.41, 5.74) is 3.39. The summed E-state index contributed by atoms with van der Waals surface area (Å²) in [5.74, 6) is -1.90. The fourth-order valence-electron chi connectivity index (χ4n) is 4.08. The molecule has 0 spiro atoms. The van der Waals surface area contributed by atoms with Gasteiger partial charge < -0.3 is 25.3 Å². The fourth-order valence-corrected chi connectivity index (χ4v) is 4.08. The molecule has 35 heavy (non-hydrogen) atoms. The molecular formula is C27H28FN3O4. The van der Waals surface area contributed by atoms with E-state index in [0.717, 1.165) is 16.7 Å². The molecule has 0 radical (unpaired) electrons. The number of benzene rings is 3. The second-order valence-electron chi connectivity index (χ2n) is 8.43. The Labute approximate surface area is 203 Å². The number of aliphatic hydroxyl groups excluding tert-OH is 2. The topological polar surface area (TPSA) is 93.1 Å². The molecule has 2 amide bonds. The molecule has 182 valence electrons. The quantitative estimate of drug-likeness (QED) is 0.485. The third-order valence-corrected chi connectivity index (χ3v) is 6.13. The van der Waals surface area contributed by atoms with Gasteiger partial charge in [-0.2, -0.15) is 0 Å². The SMILES string of the molecule is O=C(NCc1ccc(-c2ccccc2)cc1)[C@H](O)[C@@H](O)C(=O)N1CCN(c2ccccc2F)CC1. The number of carbonyl (C=O) groups is 2. The maximum absolute atomic E-state index is 14.0. The molecule has 1 heterocycles. The summed E-state index contributed by atoms with van der Waals surface area (Å²) in [7, 11) is 0. The molecule has 0 aromatic heterocycles. The molecule has 3 N–H and O–H groups in total. The van der Waals surface area contributed by atoms with Crippen LogP contribution >= 0.6 is 0 Å². The summed E-state index contributed by atoms with van der Waals surface area (Å²) in [4.78, 5) is 28.2. The van der Waals surface area contributed by atoms with Crippen molar-refractivity contribution in [1.82, 2.24) is 10.2 Å². The average molecular weight is 478 g/mol. The second-order valence-corrected chi connectivity index (χ2v) is 8.43. The van der Waals surface area contributed by atoms with Gasteiger partial charge in [0.05, 0.1) is 5.69 Å². The van der Waals surface area contributed by atoms with Gasteiger partial charge in [0.2, 0.25) is 0 Å². The van der Waals surface area contributed by atoms with Crippen LogP contribution < -0.4 is 10.2 Å². The Morgan fingerprint density at radius 2 is 1.40 bits per heavy atom. The molecule has 1 saturated heterocycles. The summed E-state index contributed by atoms with van der Waals surface area (Å²) in [6.07, 6.45) is -3.77. The zero-order valence-corrected chi connectivity index (χ0v) is 19.2. The predicted octanol–water partition coefficient (Wildman–Crippen LogP) is 2.18. The molecule has 3 aromatic rings. The van der Waals surface area contributed by atoms with E-state index in [1.807, 2.05) is 59.5 Å². The van der Waals surface area contributed by atoms with Crippen molar-refractivity contribution in [2.24, 2.45) is 0 Å². The molecular weight excluding hydrogens is 449 g/mol. The van der Waals surface area contributed by atoms with Gasteiger partial charge >= 0.3 is 0 Å². The van der Waals surface area contributed by atoms with Crippen LogP contribution in [0.2, 0.25) is 0 Å². The first kappa shape index (κ1) is 24.4. The van der Waals surface area contributed by atoms with Crippen molar-refractivity contribution in [2.75, 3.05) is 31.1 Å². The van der Waals surface area contributed by atoms with Gasteiger partial charge in [0.1, 0.15) is 5.82 Å². The molecule has 8 heteroatoms. The summed E-state index contributed by atoms with van der Waals surface area (Å²) < 4.78 is 14.0. The summed E-state index contributed by atoms with van der Waals surface area (Å²) in [6, 6.07) is 23.9. The first-order valence-corrected chi connectivity index (χ1v) is 11.5. The number of hydrogen-bond donors (Lipinski definition) is 3. The Bertz CT molecular complexity index is 1150. The average Bonchev–Trinajstić information content (AvgIpc) is 2.91. The van der Waals surface area contributed by atoms with Crippen molar-refractivity contribution in [1.29, 1.82) is 0 Å². The van der Waals surface area contributed by atoms with E-state index in [1.165, 1.54) is 11.0 Å². The zero-order chi connectivity index (χ0) is 24.8. The normalized spacial score (nSPS) is 15.4. The lowest BCUT2D eigenvalue weighted by Crippen LogP contribution is -2.55. The monoisotopic (exact) mass is 477 g/mol. The number of para-hydroxylation sites is 1. The van der Waals surface area contributed by atoms with Gasteiger partial charge in [-0.15, -0.1) is 0 Å². The Morgan fingerprint density at radius 3 is 2.06 bits per heavy atom. The molecule has 3 aromatic carbocycles. The maximum atomic E-state index is 14.0. The number of carbonyl (C=O) groups excluding carboxylic acids is 2. The van der Waals surface area contributed by atoms with Crippen molar-refractivity contribution in [3.8, 4) is 11.1 Å². The third kappa shape index (κ3) is 5.85. The number of aliphatic hydroxyl groups is 2. The second kappa shape index (κ2) is 11.1. The fraction of sp³-hybridized carbons (Fsp3) is 0.259. The van der Waals surface area contributed by atoms with Gasteiger partial charge in [-0.25, -0.2) is 4.39 Å². The van der Waals surface area contributed by atoms with E-state index in [4.69, 9.17) is 0 Å². The molecule has 1 aliphatic heterocycles. The highest BCUT2D eigenvalue weighted by Crippen LogP contribution is 2.21. The van der Waals surface area contributed by atoms with Crippen molar-refractivity contribution >= 4 is 17.5 Å². The van der Waals surface area contributed by atoms with Gasteiger partial charge in [-0.05, 0) is 28.8 Å². The van der Waals surface area contributed by atoms with E-state index >= 15 is 0 Å². The smallest absolute Gasteiger partial charge is 0.254 e. The summed E-state index contributed by atoms with van der Waals surface area (Å²) in [5, 5.41) is 23.1. The minimum Gasteiger partial charge on any atom is -0.380 e. The highest BCUT2D eigenvalue weighted by atomic mass is 19.1. The number of piperazine rings is 1. The van der Waals surface area contributed by atoms with Gasteiger partial charge in [-0.1, -0.05) is 66.7 Å². The molecule has 0 unspecified atom stereocenters. The lowest BCUT2D eigenvalue weighted by atomic mass is 10.0. The van der Waals surface area contributed by atoms with E-state index in [9.17, 15) is 24.2 Å². The molecule has 0 saturated carbocycles. The van der Waals surface area contributed by atoms with Crippen molar-refractivity contribution in [2.45, 2.75) is 18.8 Å². The highest BCUT2D eigenvalue weighted by Gasteiger charge is 2.34. The molecule has 1 fully saturated rings. The minimum atomic E-state index is -1.89. The number of rotatable bonds is 7. The van der Waals surface area contributed by atoms with Gasteiger partial charge in [-0.3, -0.25) is 9.59 Å². The minimum absolute atomic E-state index is 0.146. The Hall–Kier alpha value is -3.75. The lowest BCUT2D eigenvalue weighted by Gasteiger charge is -2.37. The molecule has 1 aliphatic rings. The number of halogens is 1. The van der Waals surface area contributed by atoms with E-state index in [0.29, 0.717) is 18.8 Å². The predicted molar refractivity (Wildman–Crippen MR) is 131 cm³/mol. The molecule has 0 aliphatic carbocycles. The number of nitrogens with zero attached hydrogens (tertiary/aromatic N) is 2. The van der Waals surface area contributed by atoms with Crippen LogP contribution in [0.3, 0.4) is 0 Å². The van der Waals surface area contributed by atoms with Crippen LogP contribution in [0, 0.1) is 5.82 Å². The van der Waals surface area contributed by atoms with Crippen LogP contribution in [0.25, 0.3) is 11.1 Å². The van der Waals surface area contributed by atoms with E-state index in [1.54, 1.807) is 18.2 Å². The van der Waals surface area contributed by atoms with Crippen molar-refractivity contribution in [3.05, 3.63) is 90.2 Å². The highest BCUT2D eigenvalue weighted by molar-refractivity contribution is 5.90. The maximum Gasteiger partial charge on any atom is 0.254 e. The lowest BCUT2D eigenvalue weighted by molar-refractivity contribution is -0.153. The summed E-state index contributed by atoms with van der Waals surface area (Å²) in [6.45, 7) is 1.38.